The van der Waals surface area contributed by atoms with Crippen LogP contribution in [0.15, 0.2) is 54.6 Å². The highest BCUT2D eigenvalue weighted by Gasteiger charge is 2.75. The fraction of sp³-hybridized carbons (Fsp3) is 0.581. The molecule has 1 unspecified atom stereocenters. The van der Waals surface area contributed by atoms with Crippen molar-refractivity contribution < 1.29 is 24.2 Å². The van der Waals surface area contributed by atoms with Gasteiger partial charge in [0.25, 0.3) is 0 Å². The molecule has 0 bridgehead atoms. The van der Waals surface area contributed by atoms with E-state index in [9.17, 15) is 19.5 Å². The van der Waals surface area contributed by atoms with E-state index < -0.39 is 29.1 Å². The van der Waals surface area contributed by atoms with Crippen molar-refractivity contribution in [2.24, 2.45) is 11.8 Å². The second kappa shape index (κ2) is 11.3. The third kappa shape index (κ3) is 4.51. The second-order valence-electron chi connectivity index (χ2n) is 11.2. The van der Waals surface area contributed by atoms with Gasteiger partial charge in [0.05, 0.1) is 17.4 Å². The summed E-state index contributed by atoms with van der Waals surface area (Å²) in [5.74, 6) is -1.98. The van der Waals surface area contributed by atoms with E-state index >= 15 is 0 Å². The van der Waals surface area contributed by atoms with Gasteiger partial charge in [0.15, 0.2) is 0 Å². The Balaban J connectivity index is 1.59. The Hall–Kier alpha value is -2.97. The average molecular weight is 536 g/mol. The molecule has 0 aliphatic carbocycles. The summed E-state index contributed by atoms with van der Waals surface area (Å²) >= 11 is 0. The number of likely N-dealkylation sites (tertiary alicyclic amines) is 1. The number of benzene rings is 1. The lowest BCUT2D eigenvalue weighted by Gasteiger charge is -2.38. The Kier molecular flexibility index (Phi) is 7.96. The average Bonchev–Trinajstić information content (AvgIpc) is 3.23. The Morgan fingerprint density at radius 2 is 1.64 bits per heavy atom. The highest BCUT2D eigenvalue weighted by molar-refractivity contribution is 6.04. The number of rotatable bonds is 10. The SMILES string of the molecule is CCCCN1CC=C[C@]23O[C@]4(CC)C=CCN(c5ccccc5)C(=O)[C@@H]4[C@H]2C(=O)N(CCCCCO)C3C1=O. The summed E-state index contributed by atoms with van der Waals surface area (Å²) in [5, 5.41) is 9.26. The van der Waals surface area contributed by atoms with Gasteiger partial charge >= 0.3 is 0 Å². The maximum Gasteiger partial charge on any atom is 0.249 e. The van der Waals surface area contributed by atoms with Gasteiger partial charge in [0.2, 0.25) is 17.7 Å². The molecule has 2 saturated heterocycles. The van der Waals surface area contributed by atoms with Crippen LogP contribution >= 0.6 is 0 Å². The van der Waals surface area contributed by atoms with Gasteiger partial charge in [-0.05, 0) is 44.2 Å². The molecule has 0 aromatic heterocycles. The summed E-state index contributed by atoms with van der Waals surface area (Å²) < 4.78 is 7.01. The van der Waals surface area contributed by atoms with E-state index in [1.807, 2.05) is 66.5 Å². The standard InChI is InChI=1S/C31H41N3O5/c1-3-5-18-32-19-13-17-31-25(28(37)34(26(31)29(32)38)20-10-7-11-22-35)24-27(36)33(23-14-8-6-9-15-23)21-12-16-30(24,4-2)39-31/h6,8-9,12-17,24-26,35H,3-5,7,10-11,18-22H2,1-2H3/t24-,25-,26?,30+,31-/m0/s1. The maximum absolute atomic E-state index is 14.4. The van der Waals surface area contributed by atoms with E-state index in [4.69, 9.17) is 4.74 Å². The molecule has 8 heteroatoms. The van der Waals surface area contributed by atoms with Crippen molar-refractivity contribution in [2.45, 2.75) is 69.6 Å². The van der Waals surface area contributed by atoms with E-state index in [-0.39, 0.29) is 24.3 Å². The van der Waals surface area contributed by atoms with Gasteiger partial charge in [0, 0.05) is 38.5 Å². The van der Waals surface area contributed by atoms with Crippen molar-refractivity contribution in [3.63, 3.8) is 0 Å². The lowest BCUT2D eigenvalue weighted by Crippen LogP contribution is -2.56. The Bertz CT molecular complexity index is 1140. The second-order valence-corrected chi connectivity index (χ2v) is 11.2. The fourth-order valence-electron chi connectivity index (χ4n) is 7.01. The first kappa shape index (κ1) is 27.6. The van der Waals surface area contributed by atoms with Crippen LogP contribution in [-0.4, -0.2) is 82.7 Å². The predicted octanol–water partition coefficient (Wildman–Crippen LogP) is 3.31. The molecule has 0 radical (unpaired) electrons. The fourth-order valence-corrected chi connectivity index (χ4v) is 7.01. The van der Waals surface area contributed by atoms with Crippen LogP contribution in [0.4, 0.5) is 5.69 Å². The number of aliphatic hydroxyl groups excluding tert-OH is 1. The minimum absolute atomic E-state index is 0.0940. The topological polar surface area (TPSA) is 90.4 Å². The largest absolute Gasteiger partial charge is 0.396 e. The summed E-state index contributed by atoms with van der Waals surface area (Å²) in [7, 11) is 0. The molecule has 210 valence electrons. The van der Waals surface area contributed by atoms with Gasteiger partial charge in [-0.1, -0.05) is 62.8 Å². The van der Waals surface area contributed by atoms with Gasteiger partial charge in [0.1, 0.15) is 11.6 Å². The molecular formula is C31H41N3O5. The number of fused-ring (bicyclic) bond motifs is 2. The molecule has 5 atom stereocenters. The number of amides is 3. The van der Waals surface area contributed by atoms with Crippen molar-refractivity contribution in [2.75, 3.05) is 37.7 Å². The van der Waals surface area contributed by atoms with Gasteiger partial charge < -0.3 is 24.5 Å². The molecule has 5 rings (SSSR count). The van der Waals surface area contributed by atoms with Crippen LogP contribution in [0.2, 0.25) is 0 Å². The first-order valence-corrected chi connectivity index (χ1v) is 14.6. The van der Waals surface area contributed by atoms with Gasteiger partial charge in [-0.2, -0.15) is 0 Å². The van der Waals surface area contributed by atoms with Crippen molar-refractivity contribution in [3.05, 3.63) is 54.6 Å². The Morgan fingerprint density at radius 1 is 0.872 bits per heavy atom. The molecule has 1 aromatic carbocycles. The van der Waals surface area contributed by atoms with Crippen molar-refractivity contribution in [1.82, 2.24) is 9.80 Å². The van der Waals surface area contributed by atoms with Crippen LogP contribution < -0.4 is 4.90 Å². The van der Waals surface area contributed by atoms with Crippen LogP contribution in [0.25, 0.3) is 0 Å². The smallest absolute Gasteiger partial charge is 0.249 e. The number of nitrogens with zero attached hydrogens (tertiary/aromatic N) is 3. The quantitative estimate of drug-likeness (QED) is 0.367. The normalized spacial score (nSPS) is 31.8. The summed E-state index contributed by atoms with van der Waals surface area (Å²) in [4.78, 5) is 48.3. The van der Waals surface area contributed by atoms with Crippen LogP contribution in [0.1, 0.15) is 52.4 Å². The van der Waals surface area contributed by atoms with Crippen LogP contribution in [0.5, 0.6) is 0 Å². The molecule has 4 aliphatic heterocycles. The van der Waals surface area contributed by atoms with E-state index in [2.05, 4.69) is 6.92 Å². The van der Waals surface area contributed by atoms with Gasteiger partial charge in [-0.3, -0.25) is 14.4 Å². The Labute approximate surface area is 231 Å². The highest BCUT2D eigenvalue weighted by atomic mass is 16.5. The number of anilines is 1. The molecular weight excluding hydrogens is 494 g/mol. The molecule has 1 aromatic rings. The maximum atomic E-state index is 14.4. The number of carbonyl (C=O) groups is 3. The molecule has 0 saturated carbocycles. The molecule has 1 N–H and O–H groups in total. The molecule has 3 amide bonds. The van der Waals surface area contributed by atoms with Gasteiger partial charge in [-0.25, -0.2) is 0 Å². The number of hydrogen-bond acceptors (Lipinski definition) is 5. The molecule has 4 heterocycles. The van der Waals surface area contributed by atoms with Crippen molar-refractivity contribution in [3.8, 4) is 0 Å². The number of para-hydroxylation sites is 1. The van der Waals surface area contributed by atoms with Crippen LogP contribution in [-0.2, 0) is 19.1 Å². The van der Waals surface area contributed by atoms with Crippen LogP contribution in [0.3, 0.4) is 0 Å². The minimum atomic E-state index is -1.22. The van der Waals surface area contributed by atoms with Crippen molar-refractivity contribution in [1.29, 1.82) is 0 Å². The zero-order valence-electron chi connectivity index (χ0n) is 23.1. The monoisotopic (exact) mass is 535 g/mol. The first-order valence-electron chi connectivity index (χ1n) is 14.6. The number of unbranched alkanes of at least 4 members (excludes halogenated alkanes) is 3. The minimum Gasteiger partial charge on any atom is -0.396 e. The first-order chi connectivity index (χ1) is 18.9. The van der Waals surface area contributed by atoms with E-state index in [0.29, 0.717) is 45.4 Å². The third-order valence-electron chi connectivity index (χ3n) is 8.93. The van der Waals surface area contributed by atoms with Crippen molar-refractivity contribution >= 4 is 23.4 Å². The number of ether oxygens (including phenoxy) is 1. The van der Waals surface area contributed by atoms with E-state index in [1.54, 1.807) is 9.80 Å². The summed E-state index contributed by atoms with van der Waals surface area (Å²) in [5.41, 5.74) is -1.42. The zero-order valence-corrected chi connectivity index (χ0v) is 23.1. The van der Waals surface area contributed by atoms with Gasteiger partial charge in [-0.15, -0.1) is 0 Å². The molecule has 39 heavy (non-hydrogen) atoms. The Morgan fingerprint density at radius 3 is 2.36 bits per heavy atom. The van der Waals surface area contributed by atoms with E-state index in [1.165, 1.54) is 0 Å². The third-order valence-corrected chi connectivity index (χ3v) is 8.93. The van der Waals surface area contributed by atoms with E-state index in [0.717, 1.165) is 24.9 Å². The lowest BCUT2D eigenvalue weighted by atomic mass is 9.73. The molecule has 8 nitrogen and oxygen atoms in total. The lowest BCUT2D eigenvalue weighted by molar-refractivity contribution is -0.152. The predicted molar refractivity (Wildman–Crippen MR) is 149 cm³/mol. The molecule has 4 aliphatic rings. The summed E-state index contributed by atoms with van der Waals surface area (Å²) in [6.07, 6.45) is 12.2. The number of aliphatic hydroxyl groups is 1. The number of hydrogen-bond donors (Lipinski definition) is 1. The number of carbonyl (C=O) groups excluding carboxylic acids is 3. The van der Waals surface area contributed by atoms with Crippen LogP contribution in [0, 0.1) is 11.8 Å². The summed E-state index contributed by atoms with van der Waals surface area (Å²) in [6, 6.07) is 8.71. The molecule has 2 fully saturated rings. The zero-order chi connectivity index (χ0) is 27.6. The highest BCUT2D eigenvalue weighted by Crippen LogP contribution is 2.58. The summed E-state index contributed by atoms with van der Waals surface area (Å²) in [6.45, 7) is 6.04. The molecule has 1 spiro atoms.